The summed E-state index contributed by atoms with van der Waals surface area (Å²) in [5.74, 6) is 1.83. The first-order valence-corrected chi connectivity index (χ1v) is 17.3. The van der Waals surface area contributed by atoms with E-state index in [1.54, 1.807) is 0 Å². The van der Waals surface area contributed by atoms with Crippen LogP contribution in [0.2, 0.25) is 0 Å². The van der Waals surface area contributed by atoms with E-state index in [4.69, 9.17) is 23.8 Å². The number of rotatable bonds is 4. The molecule has 0 aliphatic rings. The number of furan rings is 2. The van der Waals surface area contributed by atoms with Crippen LogP contribution in [0.15, 0.2) is 173 Å². The van der Waals surface area contributed by atoms with E-state index < -0.39 is 0 Å². The lowest BCUT2D eigenvalue weighted by atomic mass is 9.97. The van der Waals surface area contributed by atoms with Crippen LogP contribution in [0.1, 0.15) is 0 Å². The van der Waals surface area contributed by atoms with Crippen LogP contribution >= 0.6 is 0 Å². The minimum Gasteiger partial charge on any atom is -0.456 e. The highest BCUT2D eigenvalue weighted by molar-refractivity contribution is 6.14. The normalized spacial score (nSPS) is 11.8. The predicted molar refractivity (Wildman–Crippen MR) is 211 cm³/mol. The van der Waals surface area contributed by atoms with Gasteiger partial charge >= 0.3 is 0 Å². The van der Waals surface area contributed by atoms with Crippen molar-refractivity contribution in [2.75, 3.05) is 0 Å². The predicted octanol–water partition coefficient (Wildman–Crippen LogP) is 12.6. The molecule has 0 radical (unpaired) electrons. The zero-order valence-corrected chi connectivity index (χ0v) is 27.7. The summed E-state index contributed by atoms with van der Waals surface area (Å²) >= 11 is 0. The standard InChI is InChI=1S/C47H27N3O2/c1-2-11-28(12-3-1)45-48-46(50-47(49-45)40-25-29-13-4-5-14-32(29)34-15-6-7-16-35(34)40)31-22-24-38-37-23-21-30(26-42(37)51-43(38)27-31)33-18-10-19-39-36-17-8-9-20-41(36)52-44(33)39/h1-27H. The first kappa shape index (κ1) is 28.7. The summed E-state index contributed by atoms with van der Waals surface area (Å²) in [6.45, 7) is 0. The molecule has 8 aromatic carbocycles. The van der Waals surface area contributed by atoms with E-state index in [9.17, 15) is 0 Å². The number of hydrogen-bond acceptors (Lipinski definition) is 5. The molecule has 0 saturated carbocycles. The van der Waals surface area contributed by atoms with Gasteiger partial charge in [-0.3, -0.25) is 0 Å². The molecule has 5 heteroatoms. The first-order chi connectivity index (χ1) is 25.7. The van der Waals surface area contributed by atoms with Crippen LogP contribution in [0, 0.1) is 0 Å². The van der Waals surface area contributed by atoms with E-state index in [0.717, 1.165) is 82.5 Å². The van der Waals surface area contributed by atoms with Crippen molar-refractivity contribution in [1.82, 2.24) is 15.0 Å². The molecule has 0 aliphatic heterocycles. The minimum atomic E-state index is 0.584. The van der Waals surface area contributed by atoms with Gasteiger partial charge in [-0.15, -0.1) is 0 Å². The summed E-state index contributed by atoms with van der Waals surface area (Å²) in [5.41, 5.74) is 8.14. The molecular weight excluding hydrogens is 639 g/mol. The summed E-state index contributed by atoms with van der Waals surface area (Å²) in [6.07, 6.45) is 0. The van der Waals surface area contributed by atoms with E-state index in [1.165, 1.54) is 10.8 Å². The Morgan fingerprint density at radius 3 is 1.73 bits per heavy atom. The van der Waals surface area contributed by atoms with Crippen LogP contribution in [-0.4, -0.2) is 15.0 Å². The second-order valence-electron chi connectivity index (χ2n) is 13.2. The number of benzene rings is 8. The molecule has 0 unspecified atom stereocenters. The topological polar surface area (TPSA) is 65.0 Å². The van der Waals surface area contributed by atoms with Crippen LogP contribution in [0.25, 0.3) is 111 Å². The lowest BCUT2D eigenvalue weighted by Gasteiger charge is -2.12. The van der Waals surface area contributed by atoms with Crippen LogP contribution < -0.4 is 0 Å². The lowest BCUT2D eigenvalue weighted by Crippen LogP contribution is -2.00. The van der Waals surface area contributed by atoms with Gasteiger partial charge in [0, 0.05) is 43.8 Å². The molecule has 242 valence electrons. The number of aromatic nitrogens is 3. The molecule has 0 N–H and O–H groups in total. The molecule has 0 spiro atoms. The van der Waals surface area contributed by atoms with Crippen molar-refractivity contribution in [2.24, 2.45) is 0 Å². The second-order valence-corrected chi connectivity index (χ2v) is 13.2. The average molecular weight is 666 g/mol. The fourth-order valence-electron chi connectivity index (χ4n) is 7.64. The Labute approximate surface area is 297 Å². The van der Waals surface area contributed by atoms with Gasteiger partial charge in [0.25, 0.3) is 0 Å². The van der Waals surface area contributed by atoms with Crippen LogP contribution in [0.4, 0.5) is 0 Å². The monoisotopic (exact) mass is 665 g/mol. The van der Waals surface area contributed by atoms with E-state index in [2.05, 4.69) is 109 Å². The SMILES string of the molecule is c1ccc(-c2nc(-c3ccc4c(c3)oc3cc(-c5cccc6c5oc5ccccc56)ccc34)nc(-c3cc4ccccc4c4ccccc34)n2)cc1. The van der Waals surface area contributed by atoms with Gasteiger partial charge in [-0.05, 0) is 63.5 Å². The zero-order chi connectivity index (χ0) is 34.2. The van der Waals surface area contributed by atoms with Crippen molar-refractivity contribution in [1.29, 1.82) is 0 Å². The van der Waals surface area contributed by atoms with E-state index in [0.29, 0.717) is 17.5 Å². The quantitative estimate of drug-likeness (QED) is 0.175. The fourth-order valence-corrected chi connectivity index (χ4v) is 7.64. The Bertz CT molecular complexity index is 3190. The summed E-state index contributed by atoms with van der Waals surface area (Å²) in [7, 11) is 0. The molecule has 0 aliphatic carbocycles. The molecule has 11 aromatic rings. The number of fused-ring (bicyclic) bond motifs is 9. The number of nitrogens with zero attached hydrogens (tertiary/aromatic N) is 3. The van der Waals surface area contributed by atoms with Crippen molar-refractivity contribution >= 4 is 65.4 Å². The summed E-state index contributed by atoms with van der Waals surface area (Å²) in [6, 6.07) is 56.3. The highest BCUT2D eigenvalue weighted by Gasteiger charge is 2.18. The van der Waals surface area contributed by atoms with Crippen molar-refractivity contribution < 1.29 is 8.83 Å². The molecule has 11 rings (SSSR count). The molecule has 0 saturated heterocycles. The third kappa shape index (κ3) is 4.46. The number of para-hydroxylation sites is 2. The van der Waals surface area contributed by atoms with Crippen LogP contribution in [0.5, 0.6) is 0 Å². The zero-order valence-electron chi connectivity index (χ0n) is 27.7. The third-order valence-electron chi connectivity index (χ3n) is 10.1. The molecule has 0 bridgehead atoms. The Balaban J connectivity index is 1.07. The van der Waals surface area contributed by atoms with Crippen molar-refractivity contribution in [3.63, 3.8) is 0 Å². The highest BCUT2D eigenvalue weighted by Crippen LogP contribution is 2.40. The first-order valence-electron chi connectivity index (χ1n) is 17.3. The van der Waals surface area contributed by atoms with Gasteiger partial charge < -0.3 is 8.83 Å². The van der Waals surface area contributed by atoms with Gasteiger partial charge in [-0.2, -0.15) is 0 Å². The molecular formula is C47H27N3O2. The molecule has 0 fully saturated rings. The van der Waals surface area contributed by atoms with Crippen LogP contribution in [0.3, 0.4) is 0 Å². The molecule has 3 heterocycles. The van der Waals surface area contributed by atoms with Gasteiger partial charge in [-0.1, -0.05) is 127 Å². The van der Waals surface area contributed by atoms with Gasteiger partial charge in [0.15, 0.2) is 17.5 Å². The Kier molecular flexibility index (Phi) is 6.18. The molecule has 3 aromatic heterocycles. The number of hydrogen-bond donors (Lipinski definition) is 0. The summed E-state index contributed by atoms with van der Waals surface area (Å²) in [5, 5.41) is 8.90. The maximum atomic E-state index is 6.58. The van der Waals surface area contributed by atoms with E-state index >= 15 is 0 Å². The Hall–Kier alpha value is -7.11. The summed E-state index contributed by atoms with van der Waals surface area (Å²) in [4.78, 5) is 15.2. The maximum absolute atomic E-state index is 6.58. The largest absolute Gasteiger partial charge is 0.456 e. The van der Waals surface area contributed by atoms with Crippen molar-refractivity contribution in [3.8, 4) is 45.3 Å². The van der Waals surface area contributed by atoms with Gasteiger partial charge in [0.1, 0.15) is 22.3 Å². The average Bonchev–Trinajstić information content (AvgIpc) is 3.78. The van der Waals surface area contributed by atoms with Gasteiger partial charge in [-0.25, -0.2) is 15.0 Å². The lowest BCUT2D eigenvalue weighted by molar-refractivity contribution is 0.668. The highest BCUT2D eigenvalue weighted by atomic mass is 16.3. The Morgan fingerprint density at radius 2 is 0.904 bits per heavy atom. The van der Waals surface area contributed by atoms with E-state index in [1.807, 2.05) is 54.6 Å². The van der Waals surface area contributed by atoms with Crippen molar-refractivity contribution in [3.05, 3.63) is 164 Å². The van der Waals surface area contributed by atoms with Crippen LogP contribution in [-0.2, 0) is 0 Å². The smallest absolute Gasteiger partial charge is 0.164 e. The third-order valence-corrected chi connectivity index (χ3v) is 10.1. The van der Waals surface area contributed by atoms with Crippen molar-refractivity contribution in [2.45, 2.75) is 0 Å². The summed E-state index contributed by atoms with van der Waals surface area (Å²) < 4.78 is 12.9. The second kappa shape index (κ2) is 11.2. The molecule has 5 nitrogen and oxygen atoms in total. The van der Waals surface area contributed by atoms with Gasteiger partial charge in [0.2, 0.25) is 0 Å². The molecule has 0 amide bonds. The molecule has 52 heavy (non-hydrogen) atoms. The Morgan fingerprint density at radius 1 is 0.308 bits per heavy atom. The minimum absolute atomic E-state index is 0.584. The van der Waals surface area contributed by atoms with Gasteiger partial charge in [0.05, 0.1) is 0 Å². The fraction of sp³-hybridized carbons (Fsp3) is 0. The van der Waals surface area contributed by atoms with E-state index in [-0.39, 0.29) is 0 Å². The maximum Gasteiger partial charge on any atom is 0.164 e. The molecule has 0 atom stereocenters.